The molecular formula is C17H32N2O. The molecule has 1 unspecified atom stereocenters. The van der Waals surface area contributed by atoms with Crippen LogP contribution in [0.5, 0.6) is 0 Å². The highest BCUT2D eigenvalue weighted by Crippen LogP contribution is 2.10. The van der Waals surface area contributed by atoms with Gasteiger partial charge in [-0.05, 0) is 37.8 Å². The van der Waals surface area contributed by atoms with Gasteiger partial charge in [-0.2, -0.15) is 0 Å². The number of hydrogen-bond donors (Lipinski definition) is 2. The first-order valence-electron chi connectivity index (χ1n) is 7.95. The van der Waals surface area contributed by atoms with E-state index in [-0.39, 0.29) is 11.8 Å². The topological polar surface area (TPSA) is 41.1 Å². The Hall–Kier alpha value is -1.09. The molecule has 0 saturated carbocycles. The molecule has 0 spiro atoms. The van der Waals surface area contributed by atoms with E-state index in [2.05, 4.69) is 36.6 Å². The molecule has 1 aliphatic heterocycles. The molecule has 3 nitrogen and oxygen atoms in total. The van der Waals surface area contributed by atoms with Crippen LogP contribution in [0.25, 0.3) is 0 Å². The third-order valence-electron chi connectivity index (χ3n) is 3.06. The molecule has 2 N–H and O–H groups in total. The van der Waals surface area contributed by atoms with Crippen LogP contribution in [0.4, 0.5) is 0 Å². The summed E-state index contributed by atoms with van der Waals surface area (Å²) in [5, 5.41) is 6.32. The Balaban J connectivity index is 0.00000172. The lowest BCUT2D eigenvalue weighted by atomic mass is 9.98. The second-order valence-electron chi connectivity index (χ2n) is 5.25. The molecule has 20 heavy (non-hydrogen) atoms. The molecule has 1 atom stereocenters. The van der Waals surface area contributed by atoms with Crippen molar-refractivity contribution in [3.05, 3.63) is 23.8 Å². The first-order valence-corrected chi connectivity index (χ1v) is 7.95. The van der Waals surface area contributed by atoms with E-state index in [0.29, 0.717) is 12.5 Å². The third-order valence-corrected chi connectivity index (χ3v) is 3.06. The van der Waals surface area contributed by atoms with E-state index in [1.165, 1.54) is 5.57 Å². The Kier molecular flexibility index (Phi) is 11.1. The van der Waals surface area contributed by atoms with Crippen molar-refractivity contribution < 1.29 is 4.79 Å². The predicted molar refractivity (Wildman–Crippen MR) is 87.7 cm³/mol. The predicted octanol–water partition coefficient (Wildman–Crippen LogP) is 3.29. The minimum absolute atomic E-state index is 0.143. The van der Waals surface area contributed by atoms with Crippen molar-refractivity contribution in [3.8, 4) is 0 Å². The number of carbonyl (C=O) groups excluding carboxylic acids is 1. The summed E-state index contributed by atoms with van der Waals surface area (Å²) >= 11 is 0. The van der Waals surface area contributed by atoms with Crippen molar-refractivity contribution in [1.29, 1.82) is 0 Å². The second-order valence-corrected chi connectivity index (χ2v) is 5.25. The quantitative estimate of drug-likeness (QED) is 0.759. The average molecular weight is 280 g/mol. The molecule has 1 saturated heterocycles. The molecule has 0 bridgehead atoms. The van der Waals surface area contributed by atoms with Gasteiger partial charge in [-0.1, -0.05) is 45.9 Å². The summed E-state index contributed by atoms with van der Waals surface area (Å²) < 4.78 is 0. The fourth-order valence-corrected chi connectivity index (χ4v) is 2.22. The van der Waals surface area contributed by atoms with Crippen LogP contribution in [0.1, 0.15) is 47.5 Å². The molecule has 0 aromatic carbocycles. The Morgan fingerprint density at radius 2 is 2.10 bits per heavy atom. The Morgan fingerprint density at radius 1 is 1.40 bits per heavy atom. The number of rotatable bonds is 5. The van der Waals surface area contributed by atoms with Gasteiger partial charge in [-0.15, -0.1) is 0 Å². The molecule has 3 heteroatoms. The number of carbonyl (C=O) groups is 1. The molecule has 0 aliphatic carbocycles. The second kappa shape index (κ2) is 11.7. The Labute approximate surface area is 124 Å². The largest absolute Gasteiger partial charge is 0.352 e. The zero-order valence-electron chi connectivity index (χ0n) is 13.8. The molecular weight excluding hydrogens is 248 g/mol. The van der Waals surface area contributed by atoms with Gasteiger partial charge in [0, 0.05) is 13.1 Å². The zero-order valence-corrected chi connectivity index (χ0v) is 13.8. The van der Waals surface area contributed by atoms with Crippen LogP contribution in [-0.4, -0.2) is 25.5 Å². The Morgan fingerprint density at radius 3 is 2.60 bits per heavy atom. The number of hydrogen-bond acceptors (Lipinski definition) is 2. The SMILES string of the molecule is C/C=C\C(=C/C(C)C)CNC(=O)C1CCCNC1.CC. The molecule has 0 radical (unpaired) electrons. The maximum atomic E-state index is 12.0. The maximum Gasteiger partial charge on any atom is 0.224 e. The summed E-state index contributed by atoms with van der Waals surface area (Å²) in [4.78, 5) is 12.0. The minimum Gasteiger partial charge on any atom is -0.352 e. The Bertz CT molecular complexity index is 313. The third kappa shape index (κ3) is 8.16. The molecule has 1 rings (SSSR count). The van der Waals surface area contributed by atoms with Crippen LogP contribution in [0, 0.1) is 11.8 Å². The van der Waals surface area contributed by atoms with E-state index < -0.39 is 0 Å². The van der Waals surface area contributed by atoms with Gasteiger partial charge in [0.05, 0.1) is 5.92 Å². The van der Waals surface area contributed by atoms with E-state index in [1.54, 1.807) is 0 Å². The van der Waals surface area contributed by atoms with E-state index in [0.717, 1.165) is 25.9 Å². The van der Waals surface area contributed by atoms with E-state index in [9.17, 15) is 4.79 Å². The number of piperidine rings is 1. The lowest BCUT2D eigenvalue weighted by molar-refractivity contribution is -0.125. The van der Waals surface area contributed by atoms with Crippen LogP contribution in [0.3, 0.4) is 0 Å². The number of nitrogens with one attached hydrogen (secondary N) is 2. The standard InChI is InChI=1S/C15H26N2O.C2H6/c1-4-6-13(9-12(2)3)10-17-15(18)14-7-5-8-16-11-14;1-2/h4,6,9,12,14,16H,5,7-8,10-11H2,1-3H3,(H,17,18);1-2H3/b6-4-,13-9+;. The fraction of sp³-hybridized carbons (Fsp3) is 0.706. The van der Waals surface area contributed by atoms with Crippen molar-refractivity contribution >= 4 is 5.91 Å². The maximum absolute atomic E-state index is 12.0. The van der Waals surface area contributed by atoms with Crippen molar-refractivity contribution in [1.82, 2.24) is 10.6 Å². The van der Waals surface area contributed by atoms with Gasteiger partial charge in [0.25, 0.3) is 0 Å². The van der Waals surface area contributed by atoms with Crippen molar-refractivity contribution in [2.24, 2.45) is 11.8 Å². The van der Waals surface area contributed by atoms with Crippen LogP contribution >= 0.6 is 0 Å². The normalized spacial score (nSPS) is 19.7. The molecule has 116 valence electrons. The molecule has 0 aromatic heterocycles. The van der Waals surface area contributed by atoms with Crippen LogP contribution in [0.15, 0.2) is 23.8 Å². The minimum atomic E-state index is 0.143. The highest BCUT2D eigenvalue weighted by atomic mass is 16.1. The van der Waals surface area contributed by atoms with E-state index in [1.807, 2.05) is 26.8 Å². The van der Waals surface area contributed by atoms with Gasteiger partial charge < -0.3 is 10.6 Å². The number of amides is 1. The van der Waals surface area contributed by atoms with Gasteiger partial charge in [0.15, 0.2) is 0 Å². The number of allylic oxidation sites excluding steroid dienone is 2. The molecule has 1 aliphatic rings. The van der Waals surface area contributed by atoms with Crippen LogP contribution in [0.2, 0.25) is 0 Å². The molecule has 1 heterocycles. The van der Waals surface area contributed by atoms with Crippen molar-refractivity contribution in [2.75, 3.05) is 19.6 Å². The summed E-state index contributed by atoms with van der Waals surface area (Å²) in [6.45, 7) is 12.8. The zero-order chi connectivity index (χ0) is 15.4. The highest BCUT2D eigenvalue weighted by molar-refractivity contribution is 5.79. The van der Waals surface area contributed by atoms with Gasteiger partial charge in [-0.3, -0.25) is 4.79 Å². The van der Waals surface area contributed by atoms with Crippen LogP contribution in [-0.2, 0) is 4.79 Å². The lowest BCUT2D eigenvalue weighted by Crippen LogP contribution is -2.41. The first-order chi connectivity index (χ1) is 9.63. The van der Waals surface area contributed by atoms with Crippen LogP contribution < -0.4 is 10.6 Å². The van der Waals surface area contributed by atoms with E-state index >= 15 is 0 Å². The lowest BCUT2D eigenvalue weighted by Gasteiger charge is -2.22. The molecule has 1 amide bonds. The van der Waals surface area contributed by atoms with Gasteiger partial charge in [-0.25, -0.2) is 0 Å². The summed E-state index contributed by atoms with van der Waals surface area (Å²) in [5.41, 5.74) is 1.18. The summed E-state index contributed by atoms with van der Waals surface area (Å²) in [6, 6.07) is 0. The van der Waals surface area contributed by atoms with Gasteiger partial charge in [0.1, 0.15) is 0 Å². The highest BCUT2D eigenvalue weighted by Gasteiger charge is 2.20. The van der Waals surface area contributed by atoms with Crippen molar-refractivity contribution in [3.63, 3.8) is 0 Å². The van der Waals surface area contributed by atoms with E-state index in [4.69, 9.17) is 0 Å². The molecule has 1 fully saturated rings. The summed E-state index contributed by atoms with van der Waals surface area (Å²) in [5.74, 6) is 0.829. The fourth-order valence-electron chi connectivity index (χ4n) is 2.22. The van der Waals surface area contributed by atoms with Gasteiger partial charge in [0.2, 0.25) is 5.91 Å². The average Bonchev–Trinajstić information content (AvgIpc) is 2.47. The monoisotopic (exact) mass is 280 g/mol. The molecule has 0 aromatic rings. The summed E-state index contributed by atoms with van der Waals surface area (Å²) in [7, 11) is 0. The van der Waals surface area contributed by atoms with Gasteiger partial charge >= 0.3 is 0 Å². The first kappa shape index (κ1) is 18.9. The smallest absolute Gasteiger partial charge is 0.224 e. The summed E-state index contributed by atoms with van der Waals surface area (Å²) in [6.07, 6.45) is 8.38. The van der Waals surface area contributed by atoms with Crippen molar-refractivity contribution in [2.45, 2.75) is 47.5 Å².